The fourth-order valence-corrected chi connectivity index (χ4v) is 2.15. The Labute approximate surface area is 85.2 Å². The van der Waals surface area contributed by atoms with E-state index in [-0.39, 0.29) is 0 Å². The van der Waals surface area contributed by atoms with Crippen LogP contribution in [0.2, 0.25) is 19.6 Å². The quantitative estimate of drug-likeness (QED) is 0.693. The maximum absolute atomic E-state index is 5.76. The standard InChI is InChI=1S/C10H16OSSi/c1-9(8-11-13(2,3)4)10-6-5-7-12-10/h5-7H,1,8H2,2-4H3. The Bertz CT molecular complexity index is 272. The first-order valence-corrected chi connectivity index (χ1v) is 8.63. The Balaban J connectivity index is 2.44. The minimum Gasteiger partial charge on any atom is -0.413 e. The summed E-state index contributed by atoms with van der Waals surface area (Å²) in [5, 5.41) is 2.06. The van der Waals surface area contributed by atoms with Crippen LogP contribution >= 0.6 is 11.3 Å². The summed E-state index contributed by atoms with van der Waals surface area (Å²) in [6.45, 7) is 11.3. The third-order valence-corrected chi connectivity index (χ3v) is 3.53. The molecule has 0 aliphatic heterocycles. The highest BCUT2D eigenvalue weighted by Crippen LogP contribution is 2.19. The second kappa shape index (κ2) is 4.22. The van der Waals surface area contributed by atoms with Crippen LogP contribution in [-0.4, -0.2) is 14.9 Å². The highest BCUT2D eigenvalue weighted by molar-refractivity contribution is 7.11. The molecular formula is C10H16OSSi. The highest BCUT2D eigenvalue weighted by Gasteiger charge is 2.14. The van der Waals surface area contributed by atoms with Crippen molar-refractivity contribution in [1.82, 2.24) is 0 Å². The Morgan fingerprint density at radius 3 is 2.69 bits per heavy atom. The number of rotatable bonds is 4. The molecule has 0 unspecified atom stereocenters. The Hall–Kier alpha value is -0.383. The summed E-state index contributed by atoms with van der Waals surface area (Å²) in [5.41, 5.74) is 1.09. The van der Waals surface area contributed by atoms with Crippen molar-refractivity contribution >= 4 is 25.2 Å². The first kappa shape index (κ1) is 10.7. The van der Waals surface area contributed by atoms with Gasteiger partial charge in [-0.3, -0.25) is 0 Å². The van der Waals surface area contributed by atoms with E-state index in [1.165, 1.54) is 4.88 Å². The van der Waals surface area contributed by atoms with Gasteiger partial charge < -0.3 is 4.43 Å². The van der Waals surface area contributed by atoms with Crippen molar-refractivity contribution in [3.63, 3.8) is 0 Å². The summed E-state index contributed by atoms with van der Waals surface area (Å²) in [6.07, 6.45) is 0. The van der Waals surface area contributed by atoms with E-state index < -0.39 is 8.32 Å². The molecule has 13 heavy (non-hydrogen) atoms. The molecule has 1 heterocycles. The minimum absolute atomic E-state index is 0.677. The predicted octanol–water partition coefficient (Wildman–Crippen LogP) is 3.61. The molecule has 0 spiro atoms. The summed E-state index contributed by atoms with van der Waals surface area (Å²) in [7, 11) is -1.39. The fourth-order valence-electron chi connectivity index (χ4n) is 0.854. The molecule has 1 rings (SSSR count). The molecule has 1 nitrogen and oxygen atoms in total. The highest BCUT2D eigenvalue weighted by atomic mass is 32.1. The van der Waals surface area contributed by atoms with Gasteiger partial charge in [0.05, 0.1) is 6.61 Å². The molecular weight excluding hydrogens is 196 g/mol. The normalized spacial score (nSPS) is 11.6. The van der Waals surface area contributed by atoms with Crippen molar-refractivity contribution in [2.75, 3.05) is 6.61 Å². The molecule has 0 radical (unpaired) electrons. The molecule has 1 aromatic heterocycles. The van der Waals surface area contributed by atoms with Crippen molar-refractivity contribution in [3.05, 3.63) is 29.0 Å². The maximum Gasteiger partial charge on any atom is 0.184 e. The van der Waals surface area contributed by atoms with E-state index >= 15 is 0 Å². The van der Waals surface area contributed by atoms with Gasteiger partial charge in [-0.2, -0.15) is 0 Å². The number of hydrogen-bond acceptors (Lipinski definition) is 2. The van der Waals surface area contributed by atoms with Crippen LogP contribution in [0.3, 0.4) is 0 Å². The summed E-state index contributed by atoms with van der Waals surface area (Å²) in [5.74, 6) is 0. The van der Waals surface area contributed by atoms with Crippen LogP contribution in [0, 0.1) is 0 Å². The molecule has 0 atom stereocenters. The van der Waals surface area contributed by atoms with Gasteiger partial charge in [0.15, 0.2) is 8.32 Å². The third-order valence-electron chi connectivity index (χ3n) is 1.55. The lowest BCUT2D eigenvalue weighted by molar-refractivity contribution is 0.365. The Morgan fingerprint density at radius 2 is 2.23 bits per heavy atom. The zero-order chi connectivity index (χ0) is 9.90. The molecule has 0 aliphatic rings. The molecule has 0 aliphatic carbocycles. The predicted molar refractivity (Wildman–Crippen MR) is 62.7 cm³/mol. The lowest BCUT2D eigenvalue weighted by Gasteiger charge is -2.17. The Morgan fingerprint density at radius 1 is 1.54 bits per heavy atom. The van der Waals surface area contributed by atoms with Crippen LogP contribution in [0.15, 0.2) is 24.1 Å². The largest absolute Gasteiger partial charge is 0.413 e. The van der Waals surface area contributed by atoms with Crippen molar-refractivity contribution in [3.8, 4) is 0 Å². The summed E-state index contributed by atoms with van der Waals surface area (Å²) in [6, 6.07) is 4.13. The number of hydrogen-bond donors (Lipinski definition) is 0. The molecule has 3 heteroatoms. The van der Waals surface area contributed by atoms with E-state index in [1.54, 1.807) is 11.3 Å². The second-order valence-electron chi connectivity index (χ2n) is 3.98. The van der Waals surface area contributed by atoms with E-state index in [0.29, 0.717) is 6.61 Å². The monoisotopic (exact) mass is 212 g/mol. The van der Waals surface area contributed by atoms with Crippen molar-refractivity contribution in [2.45, 2.75) is 19.6 Å². The SMILES string of the molecule is C=C(CO[Si](C)(C)C)c1cccs1. The maximum atomic E-state index is 5.76. The van der Waals surface area contributed by atoms with Gasteiger partial charge in [0.1, 0.15) is 0 Å². The van der Waals surface area contributed by atoms with Crippen molar-refractivity contribution in [2.24, 2.45) is 0 Å². The summed E-state index contributed by atoms with van der Waals surface area (Å²) >= 11 is 1.72. The topological polar surface area (TPSA) is 9.23 Å². The van der Waals surface area contributed by atoms with E-state index in [9.17, 15) is 0 Å². The fraction of sp³-hybridized carbons (Fsp3) is 0.400. The lowest BCUT2D eigenvalue weighted by atomic mass is 10.3. The smallest absolute Gasteiger partial charge is 0.184 e. The zero-order valence-electron chi connectivity index (χ0n) is 8.46. The van der Waals surface area contributed by atoms with Gasteiger partial charge >= 0.3 is 0 Å². The number of thiophene rings is 1. The van der Waals surface area contributed by atoms with E-state index in [2.05, 4.69) is 37.7 Å². The van der Waals surface area contributed by atoms with Crippen LogP contribution in [0.25, 0.3) is 5.57 Å². The summed E-state index contributed by atoms with van der Waals surface area (Å²) in [4.78, 5) is 1.23. The van der Waals surface area contributed by atoms with Gasteiger partial charge in [0.2, 0.25) is 0 Å². The van der Waals surface area contributed by atoms with Crippen LogP contribution in [0.1, 0.15) is 4.88 Å². The molecule has 0 N–H and O–H groups in total. The van der Waals surface area contributed by atoms with Gasteiger partial charge in [0.25, 0.3) is 0 Å². The molecule has 0 fully saturated rings. The molecule has 0 saturated carbocycles. The van der Waals surface area contributed by atoms with Gasteiger partial charge in [-0.1, -0.05) is 12.6 Å². The van der Waals surface area contributed by atoms with Crippen LogP contribution in [0.5, 0.6) is 0 Å². The molecule has 0 bridgehead atoms. The van der Waals surface area contributed by atoms with E-state index in [4.69, 9.17) is 4.43 Å². The molecule has 0 saturated heterocycles. The first-order valence-electron chi connectivity index (χ1n) is 4.35. The van der Waals surface area contributed by atoms with Crippen LogP contribution < -0.4 is 0 Å². The second-order valence-corrected chi connectivity index (χ2v) is 9.44. The average Bonchev–Trinajstić information content (AvgIpc) is 2.50. The lowest BCUT2D eigenvalue weighted by Crippen LogP contribution is -2.25. The van der Waals surface area contributed by atoms with Gasteiger partial charge in [0, 0.05) is 4.88 Å². The van der Waals surface area contributed by atoms with Crippen LogP contribution in [-0.2, 0) is 4.43 Å². The summed E-state index contributed by atoms with van der Waals surface area (Å²) < 4.78 is 5.76. The molecule has 72 valence electrons. The Kier molecular flexibility index (Phi) is 3.47. The first-order chi connectivity index (χ1) is 5.99. The van der Waals surface area contributed by atoms with Gasteiger partial charge in [-0.25, -0.2) is 0 Å². The van der Waals surface area contributed by atoms with Crippen LogP contribution in [0.4, 0.5) is 0 Å². The molecule has 0 aromatic carbocycles. The van der Waals surface area contributed by atoms with E-state index in [1.807, 2.05) is 6.07 Å². The van der Waals surface area contributed by atoms with E-state index in [0.717, 1.165) is 5.57 Å². The molecule has 1 aromatic rings. The minimum atomic E-state index is -1.39. The zero-order valence-corrected chi connectivity index (χ0v) is 10.3. The average molecular weight is 212 g/mol. The third kappa shape index (κ3) is 3.89. The van der Waals surface area contributed by atoms with Crippen molar-refractivity contribution in [1.29, 1.82) is 0 Å². The van der Waals surface area contributed by atoms with Gasteiger partial charge in [-0.05, 0) is 36.7 Å². The van der Waals surface area contributed by atoms with Crippen molar-refractivity contribution < 1.29 is 4.43 Å². The molecule has 0 amide bonds. The van der Waals surface area contributed by atoms with Gasteiger partial charge in [-0.15, -0.1) is 11.3 Å².